The molecule has 0 aliphatic carbocycles. The Morgan fingerprint density at radius 3 is 2.75 bits per heavy atom. The van der Waals surface area contributed by atoms with Crippen molar-refractivity contribution in [3.8, 4) is 0 Å². The van der Waals surface area contributed by atoms with Crippen molar-refractivity contribution in [1.29, 1.82) is 0 Å². The summed E-state index contributed by atoms with van der Waals surface area (Å²) in [7, 11) is 0. The molecule has 1 aromatic heterocycles. The maximum atomic E-state index is 12.5. The summed E-state index contributed by atoms with van der Waals surface area (Å²) in [6.45, 7) is 4.49. The molecule has 2 rings (SSSR count). The molecule has 0 aliphatic rings. The Balaban J connectivity index is 2.35. The maximum Gasteiger partial charge on any atom is 0.169 e. The van der Waals surface area contributed by atoms with E-state index in [0.29, 0.717) is 22.2 Å². The van der Waals surface area contributed by atoms with Gasteiger partial charge in [0.25, 0.3) is 0 Å². The zero-order valence-electron chi connectivity index (χ0n) is 11.1. The summed E-state index contributed by atoms with van der Waals surface area (Å²) in [4.78, 5) is 12.5. The van der Waals surface area contributed by atoms with Crippen LogP contribution in [0.2, 0.25) is 10.0 Å². The molecule has 20 heavy (non-hydrogen) atoms. The van der Waals surface area contributed by atoms with Crippen molar-refractivity contribution in [2.45, 2.75) is 26.8 Å². The molecule has 0 amide bonds. The smallest absolute Gasteiger partial charge is 0.169 e. The van der Waals surface area contributed by atoms with Gasteiger partial charge < -0.3 is 0 Å². The molecule has 0 atom stereocenters. The Morgan fingerprint density at radius 1 is 1.40 bits per heavy atom. The second-order valence-electron chi connectivity index (χ2n) is 4.39. The monoisotopic (exact) mass is 422 g/mol. The number of Topliss-reactive ketones (excluding diaryl/α,β-unsaturated/α-hetero) is 1. The lowest BCUT2D eigenvalue weighted by Gasteiger charge is -2.07. The van der Waals surface area contributed by atoms with Gasteiger partial charge in [0.05, 0.1) is 22.8 Å². The van der Waals surface area contributed by atoms with E-state index in [1.807, 2.05) is 19.9 Å². The van der Waals surface area contributed by atoms with Crippen LogP contribution in [0.25, 0.3) is 0 Å². The van der Waals surface area contributed by atoms with Gasteiger partial charge in [0.1, 0.15) is 0 Å². The van der Waals surface area contributed by atoms with Gasteiger partial charge in [-0.05, 0) is 54.6 Å². The minimum absolute atomic E-state index is 0.00611. The van der Waals surface area contributed by atoms with E-state index in [1.54, 1.807) is 16.8 Å². The Bertz CT molecular complexity index is 667. The number of carbonyl (C=O) groups is 1. The van der Waals surface area contributed by atoms with Crippen LogP contribution in [0, 0.1) is 10.5 Å². The van der Waals surface area contributed by atoms with Crippen molar-refractivity contribution in [3.05, 3.63) is 48.8 Å². The molecule has 6 heteroatoms. The molecular weight excluding hydrogens is 410 g/mol. The van der Waals surface area contributed by atoms with Crippen molar-refractivity contribution < 1.29 is 4.79 Å². The molecule has 0 saturated heterocycles. The summed E-state index contributed by atoms with van der Waals surface area (Å²) >= 11 is 14.3. The average Bonchev–Trinajstić information content (AvgIpc) is 2.69. The number of rotatable bonds is 4. The third-order valence-corrected chi connectivity index (χ3v) is 4.68. The van der Waals surface area contributed by atoms with Crippen LogP contribution < -0.4 is 0 Å². The lowest BCUT2D eigenvalue weighted by molar-refractivity contribution is 0.0989. The van der Waals surface area contributed by atoms with Crippen molar-refractivity contribution in [2.24, 2.45) is 0 Å². The standard InChI is InChI=1S/C14H13Cl2IN2O/c1-3-19-12(14(16)8(2)18-19)7-13(20)10-6-9(15)4-5-11(10)17/h4-6H,3,7H2,1-2H3. The molecule has 0 bridgehead atoms. The van der Waals surface area contributed by atoms with Gasteiger partial charge >= 0.3 is 0 Å². The topological polar surface area (TPSA) is 34.9 Å². The zero-order valence-corrected chi connectivity index (χ0v) is 14.8. The fourth-order valence-corrected chi connectivity index (χ4v) is 3.01. The molecule has 0 saturated carbocycles. The molecule has 1 heterocycles. The van der Waals surface area contributed by atoms with Crippen LogP contribution in [0.1, 0.15) is 28.7 Å². The van der Waals surface area contributed by atoms with Crippen LogP contribution in [-0.4, -0.2) is 15.6 Å². The predicted octanol–water partition coefficient (Wildman–Crippen LogP) is 4.55. The van der Waals surface area contributed by atoms with Crippen LogP contribution in [0.5, 0.6) is 0 Å². The molecule has 2 aromatic rings. The number of benzene rings is 1. The lowest BCUT2D eigenvalue weighted by Crippen LogP contribution is -2.11. The number of hydrogen-bond donors (Lipinski definition) is 0. The normalized spacial score (nSPS) is 10.8. The van der Waals surface area contributed by atoms with Crippen LogP contribution in [0.15, 0.2) is 18.2 Å². The van der Waals surface area contributed by atoms with E-state index in [-0.39, 0.29) is 12.2 Å². The highest BCUT2D eigenvalue weighted by atomic mass is 127. The number of aromatic nitrogens is 2. The summed E-state index contributed by atoms with van der Waals surface area (Å²) in [5, 5.41) is 5.44. The quantitative estimate of drug-likeness (QED) is 0.535. The van der Waals surface area contributed by atoms with E-state index in [1.165, 1.54) is 0 Å². The Morgan fingerprint density at radius 2 is 2.10 bits per heavy atom. The molecule has 0 fully saturated rings. The highest BCUT2D eigenvalue weighted by Crippen LogP contribution is 2.24. The molecule has 106 valence electrons. The minimum Gasteiger partial charge on any atom is -0.294 e. The summed E-state index contributed by atoms with van der Waals surface area (Å²) in [6, 6.07) is 5.30. The zero-order chi connectivity index (χ0) is 14.9. The van der Waals surface area contributed by atoms with Crippen LogP contribution >= 0.6 is 45.8 Å². The summed E-state index contributed by atoms with van der Waals surface area (Å²) in [5.41, 5.74) is 2.13. The number of carbonyl (C=O) groups excluding carboxylic acids is 1. The SMILES string of the molecule is CCn1nc(C)c(Cl)c1CC(=O)c1cc(Cl)ccc1I. The van der Waals surface area contributed by atoms with Crippen LogP contribution in [-0.2, 0) is 13.0 Å². The Labute approximate surface area is 141 Å². The summed E-state index contributed by atoms with van der Waals surface area (Å²) in [5.74, 6) is -0.00611. The largest absolute Gasteiger partial charge is 0.294 e. The first-order valence-corrected chi connectivity index (χ1v) is 7.97. The average molecular weight is 423 g/mol. The number of nitrogens with zero attached hydrogens (tertiary/aromatic N) is 2. The maximum absolute atomic E-state index is 12.5. The fourth-order valence-electron chi connectivity index (χ4n) is 2.00. The number of aryl methyl sites for hydroxylation is 2. The van der Waals surface area contributed by atoms with E-state index in [4.69, 9.17) is 23.2 Å². The highest BCUT2D eigenvalue weighted by Gasteiger charge is 2.18. The van der Waals surface area contributed by atoms with Crippen molar-refractivity contribution in [1.82, 2.24) is 9.78 Å². The van der Waals surface area contributed by atoms with Crippen LogP contribution in [0.4, 0.5) is 0 Å². The number of hydrogen-bond acceptors (Lipinski definition) is 2. The Hall–Kier alpha value is -0.590. The third-order valence-electron chi connectivity index (χ3n) is 3.01. The number of ketones is 1. The van der Waals surface area contributed by atoms with E-state index >= 15 is 0 Å². The van der Waals surface area contributed by atoms with Crippen molar-refractivity contribution >= 4 is 51.6 Å². The predicted molar refractivity (Wildman–Crippen MR) is 89.9 cm³/mol. The van der Waals surface area contributed by atoms with Gasteiger partial charge in [-0.15, -0.1) is 0 Å². The first kappa shape index (κ1) is 15.8. The first-order chi connectivity index (χ1) is 9.43. The van der Waals surface area contributed by atoms with Gasteiger partial charge in [-0.25, -0.2) is 0 Å². The second-order valence-corrected chi connectivity index (χ2v) is 6.36. The molecule has 0 aliphatic heterocycles. The second kappa shape index (κ2) is 6.45. The molecular formula is C14H13Cl2IN2O. The molecule has 0 spiro atoms. The van der Waals surface area contributed by atoms with E-state index in [2.05, 4.69) is 27.7 Å². The van der Waals surface area contributed by atoms with Gasteiger partial charge in [-0.2, -0.15) is 5.10 Å². The molecule has 0 radical (unpaired) electrons. The van der Waals surface area contributed by atoms with Crippen LogP contribution in [0.3, 0.4) is 0 Å². The van der Waals surface area contributed by atoms with E-state index in [9.17, 15) is 4.79 Å². The van der Waals surface area contributed by atoms with Crippen molar-refractivity contribution in [2.75, 3.05) is 0 Å². The molecule has 0 unspecified atom stereocenters. The van der Waals surface area contributed by atoms with E-state index in [0.717, 1.165) is 15.0 Å². The van der Waals surface area contributed by atoms with Crippen molar-refractivity contribution in [3.63, 3.8) is 0 Å². The summed E-state index contributed by atoms with van der Waals surface area (Å²) < 4.78 is 2.65. The minimum atomic E-state index is -0.00611. The molecule has 1 aromatic carbocycles. The third kappa shape index (κ3) is 3.18. The highest BCUT2D eigenvalue weighted by molar-refractivity contribution is 14.1. The molecule has 3 nitrogen and oxygen atoms in total. The van der Waals surface area contributed by atoms with E-state index < -0.39 is 0 Å². The number of halogens is 3. The lowest BCUT2D eigenvalue weighted by atomic mass is 10.1. The van der Waals surface area contributed by atoms with Gasteiger partial charge in [-0.3, -0.25) is 9.48 Å². The molecule has 0 N–H and O–H groups in total. The Kier molecular flexibility index (Phi) is 5.09. The first-order valence-electron chi connectivity index (χ1n) is 6.14. The van der Waals surface area contributed by atoms with Gasteiger partial charge in [-0.1, -0.05) is 23.2 Å². The summed E-state index contributed by atoms with van der Waals surface area (Å²) in [6.07, 6.45) is 0.226. The fraction of sp³-hybridized carbons (Fsp3) is 0.286. The van der Waals surface area contributed by atoms with Gasteiger partial charge in [0, 0.05) is 20.7 Å². The van der Waals surface area contributed by atoms with Gasteiger partial charge in [0.2, 0.25) is 0 Å². The van der Waals surface area contributed by atoms with Gasteiger partial charge in [0.15, 0.2) is 5.78 Å².